The van der Waals surface area contributed by atoms with Crippen LogP contribution in [0.1, 0.15) is 26.5 Å². The standard InChI is InChI=1S/C12H15NO2S2/c14-9-1-3-13(6-9)12(15)11-5-8-7-16-4-2-10(8)17-11/h5,9,14H,1-4,6-7H2/t9-/m1/s1. The number of likely N-dealkylation sites (tertiary alicyclic amines) is 1. The Balaban J connectivity index is 1.79. The van der Waals surface area contributed by atoms with Crippen LogP contribution in [0.15, 0.2) is 6.07 Å². The number of carbonyl (C=O) groups is 1. The summed E-state index contributed by atoms with van der Waals surface area (Å²) in [7, 11) is 0. The fraction of sp³-hybridized carbons (Fsp3) is 0.583. The van der Waals surface area contributed by atoms with Crippen molar-refractivity contribution in [2.45, 2.75) is 24.7 Å². The minimum atomic E-state index is -0.330. The van der Waals surface area contributed by atoms with E-state index in [9.17, 15) is 9.90 Å². The molecule has 1 saturated heterocycles. The number of β-amino-alcohol motifs (C(OH)–C–C–N with tert-alkyl or cyclic N) is 1. The lowest BCUT2D eigenvalue weighted by Gasteiger charge is -2.13. The maximum Gasteiger partial charge on any atom is 0.264 e. The zero-order chi connectivity index (χ0) is 11.8. The first-order valence-corrected chi connectivity index (χ1v) is 7.88. The Hall–Kier alpha value is -0.520. The van der Waals surface area contributed by atoms with Gasteiger partial charge in [-0.3, -0.25) is 4.79 Å². The predicted octanol–water partition coefficient (Wildman–Crippen LogP) is 1.74. The molecule has 0 aromatic carbocycles. The van der Waals surface area contributed by atoms with Gasteiger partial charge in [0.05, 0.1) is 11.0 Å². The van der Waals surface area contributed by atoms with Crippen molar-refractivity contribution in [2.24, 2.45) is 0 Å². The third-order valence-corrected chi connectivity index (χ3v) is 5.52. The monoisotopic (exact) mass is 269 g/mol. The number of thiophene rings is 1. The summed E-state index contributed by atoms with van der Waals surface area (Å²) in [6.45, 7) is 1.19. The molecule has 2 aliphatic heterocycles. The first-order valence-electron chi connectivity index (χ1n) is 5.90. The van der Waals surface area contributed by atoms with Crippen molar-refractivity contribution in [3.05, 3.63) is 21.4 Å². The van der Waals surface area contributed by atoms with Gasteiger partial charge in [-0.2, -0.15) is 11.8 Å². The number of hydrogen-bond acceptors (Lipinski definition) is 4. The Labute approximate surface area is 109 Å². The van der Waals surface area contributed by atoms with Gasteiger partial charge in [-0.25, -0.2) is 0 Å². The van der Waals surface area contributed by atoms with Crippen molar-refractivity contribution in [2.75, 3.05) is 18.8 Å². The lowest BCUT2D eigenvalue weighted by Crippen LogP contribution is -2.28. The van der Waals surface area contributed by atoms with E-state index in [0.717, 1.165) is 17.1 Å². The molecule has 0 radical (unpaired) electrons. The first kappa shape index (κ1) is 11.6. The van der Waals surface area contributed by atoms with Gasteiger partial charge >= 0.3 is 0 Å². The van der Waals surface area contributed by atoms with Gasteiger partial charge in [0.15, 0.2) is 0 Å². The molecule has 1 atom stereocenters. The van der Waals surface area contributed by atoms with Crippen LogP contribution in [0.3, 0.4) is 0 Å². The molecule has 3 heterocycles. The summed E-state index contributed by atoms with van der Waals surface area (Å²) in [6, 6.07) is 2.05. The van der Waals surface area contributed by atoms with Gasteiger partial charge in [0, 0.05) is 23.7 Å². The third kappa shape index (κ3) is 2.23. The first-order chi connectivity index (χ1) is 8.24. The van der Waals surface area contributed by atoms with E-state index in [2.05, 4.69) is 6.07 Å². The molecule has 0 spiro atoms. The molecule has 17 heavy (non-hydrogen) atoms. The highest BCUT2D eigenvalue weighted by atomic mass is 32.2. The quantitative estimate of drug-likeness (QED) is 0.844. The van der Waals surface area contributed by atoms with Crippen molar-refractivity contribution in [3.8, 4) is 0 Å². The molecule has 1 aromatic heterocycles. The smallest absolute Gasteiger partial charge is 0.264 e. The van der Waals surface area contributed by atoms with Gasteiger partial charge in [0.25, 0.3) is 5.91 Å². The van der Waals surface area contributed by atoms with Crippen LogP contribution in [0.25, 0.3) is 0 Å². The van der Waals surface area contributed by atoms with Gasteiger partial charge in [-0.15, -0.1) is 11.3 Å². The van der Waals surface area contributed by atoms with Crippen molar-refractivity contribution < 1.29 is 9.90 Å². The van der Waals surface area contributed by atoms with Gasteiger partial charge in [0.2, 0.25) is 0 Å². The molecule has 5 heteroatoms. The van der Waals surface area contributed by atoms with Crippen molar-refractivity contribution in [3.63, 3.8) is 0 Å². The molecule has 0 unspecified atom stereocenters. The average molecular weight is 269 g/mol. The summed E-state index contributed by atoms with van der Waals surface area (Å²) in [5.74, 6) is 2.32. The van der Waals surface area contributed by atoms with Crippen LogP contribution in [0.5, 0.6) is 0 Å². The molecule has 0 bridgehead atoms. The number of aliphatic hydroxyl groups excluding tert-OH is 1. The van der Waals surface area contributed by atoms with Gasteiger partial charge in [0.1, 0.15) is 0 Å². The Morgan fingerprint density at radius 1 is 1.53 bits per heavy atom. The zero-order valence-corrected chi connectivity index (χ0v) is 11.1. The second-order valence-corrected chi connectivity index (χ2v) is 6.80. The maximum absolute atomic E-state index is 12.2. The van der Waals surface area contributed by atoms with Gasteiger partial charge in [-0.1, -0.05) is 0 Å². The molecule has 0 aliphatic carbocycles. The highest BCUT2D eigenvalue weighted by Crippen LogP contribution is 2.32. The Kier molecular flexibility index (Phi) is 3.15. The second kappa shape index (κ2) is 4.63. The number of nitrogens with zero attached hydrogens (tertiary/aromatic N) is 1. The minimum absolute atomic E-state index is 0.103. The van der Waals surface area contributed by atoms with Crippen LogP contribution in [-0.2, 0) is 12.2 Å². The lowest BCUT2D eigenvalue weighted by atomic mass is 10.2. The molecule has 3 nitrogen and oxygen atoms in total. The number of thioether (sulfide) groups is 1. The van der Waals surface area contributed by atoms with E-state index < -0.39 is 0 Å². The Bertz CT molecular complexity index is 420. The van der Waals surface area contributed by atoms with E-state index in [1.165, 1.54) is 16.2 Å². The average Bonchev–Trinajstić information content (AvgIpc) is 2.93. The number of carbonyl (C=O) groups excluding carboxylic acids is 1. The van der Waals surface area contributed by atoms with Crippen LogP contribution in [0.2, 0.25) is 0 Å². The number of hydrogen-bond donors (Lipinski definition) is 1. The van der Waals surface area contributed by atoms with E-state index in [1.54, 1.807) is 16.2 Å². The summed E-state index contributed by atoms with van der Waals surface area (Å²) in [5.41, 5.74) is 1.34. The lowest BCUT2D eigenvalue weighted by molar-refractivity contribution is 0.0769. The molecule has 2 aliphatic rings. The SMILES string of the molecule is O=C(c1cc2c(s1)CCSC2)N1CC[C@@H](O)C1. The van der Waals surface area contributed by atoms with Crippen LogP contribution >= 0.6 is 23.1 Å². The predicted molar refractivity (Wildman–Crippen MR) is 70.7 cm³/mol. The number of rotatable bonds is 1. The number of fused-ring (bicyclic) bond motifs is 1. The van der Waals surface area contributed by atoms with Crippen molar-refractivity contribution in [1.82, 2.24) is 4.90 Å². The van der Waals surface area contributed by atoms with Gasteiger partial charge in [-0.05, 0) is 30.2 Å². The Morgan fingerprint density at radius 2 is 2.41 bits per heavy atom. The van der Waals surface area contributed by atoms with Crippen LogP contribution in [0.4, 0.5) is 0 Å². The van der Waals surface area contributed by atoms with Gasteiger partial charge < -0.3 is 10.0 Å². The summed E-state index contributed by atoms with van der Waals surface area (Å²) in [4.78, 5) is 16.2. The summed E-state index contributed by atoms with van der Waals surface area (Å²) in [6.07, 6.45) is 1.48. The molecule has 0 saturated carbocycles. The summed E-state index contributed by atoms with van der Waals surface area (Å²) >= 11 is 3.58. The van der Waals surface area contributed by atoms with Crippen LogP contribution in [-0.4, -0.2) is 40.9 Å². The fourth-order valence-electron chi connectivity index (χ4n) is 2.33. The van der Waals surface area contributed by atoms with Crippen molar-refractivity contribution >= 4 is 29.0 Å². The summed E-state index contributed by atoms with van der Waals surface area (Å²) < 4.78 is 0. The molecular weight excluding hydrogens is 254 g/mol. The zero-order valence-electron chi connectivity index (χ0n) is 9.52. The Morgan fingerprint density at radius 3 is 3.12 bits per heavy atom. The second-order valence-electron chi connectivity index (χ2n) is 4.56. The minimum Gasteiger partial charge on any atom is -0.391 e. The fourth-order valence-corrected chi connectivity index (χ4v) is 4.67. The van der Waals surface area contributed by atoms with E-state index in [1.807, 2.05) is 11.8 Å². The molecule has 92 valence electrons. The molecule has 1 amide bonds. The van der Waals surface area contributed by atoms with E-state index >= 15 is 0 Å². The largest absolute Gasteiger partial charge is 0.391 e. The molecule has 3 rings (SSSR count). The van der Waals surface area contributed by atoms with Crippen LogP contribution in [0, 0.1) is 0 Å². The summed E-state index contributed by atoms with van der Waals surface area (Å²) in [5, 5.41) is 9.46. The number of amides is 1. The van der Waals surface area contributed by atoms with E-state index in [-0.39, 0.29) is 12.0 Å². The maximum atomic E-state index is 12.2. The molecule has 1 aromatic rings. The number of aliphatic hydroxyl groups is 1. The van der Waals surface area contributed by atoms with E-state index in [4.69, 9.17) is 0 Å². The normalized spacial score (nSPS) is 23.8. The molecular formula is C12H15NO2S2. The van der Waals surface area contributed by atoms with E-state index in [0.29, 0.717) is 19.5 Å². The van der Waals surface area contributed by atoms with Crippen molar-refractivity contribution in [1.29, 1.82) is 0 Å². The highest BCUT2D eigenvalue weighted by Gasteiger charge is 2.27. The number of aryl methyl sites for hydroxylation is 1. The molecule has 1 fully saturated rings. The van der Waals surface area contributed by atoms with Crippen LogP contribution < -0.4 is 0 Å². The highest BCUT2D eigenvalue weighted by molar-refractivity contribution is 7.98. The topological polar surface area (TPSA) is 40.5 Å². The third-order valence-electron chi connectivity index (χ3n) is 3.29. The molecule has 1 N–H and O–H groups in total.